The maximum absolute atomic E-state index is 9.24. The van der Waals surface area contributed by atoms with Crippen LogP contribution in [0.1, 0.15) is 12.8 Å². The number of nitrogens with zero attached hydrogens (tertiary/aromatic N) is 1. The van der Waals surface area contributed by atoms with Gasteiger partial charge in [-0.15, -0.1) is 0 Å². The van der Waals surface area contributed by atoms with E-state index in [1.54, 1.807) is 18.2 Å². The van der Waals surface area contributed by atoms with E-state index in [9.17, 15) is 5.11 Å². The first kappa shape index (κ1) is 14.9. The van der Waals surface area contributed by atoms with Crippen LogP contribution in [0.2, 0.25) is 10.0 Å². The summed E-state index contributed by atoms with van der Waals surface area (Å²) in [5.41, 5.74) is 0. The van der Waals surface area contributed by atoms with Crippen LogP contribution in [0.3, 0.4) is 0 Å². The largest absolute Gasteiger partial charge is 0.489 e. The van der Waals surface area contributed by atoms with Crippen molar-refractivity contribution in [1.82, 2.24) is 4.90 Å². The molecular formula is C14H19Cl2NO2. The lowest BCUT2D eigenvalue weighted by atomic mass is 9.82. The van der Waals surface area contributed by atoms with Gasteiger partial charge in [0.2, 0.25) is 0 Å². The number of aliphatic hydroxyl groups excluding tert-OH is 1. The number of ether oxygens (including phenoxy) is 1. The van der Waals surface area contributed by atoms with E-state index in [1.807, 2.05) is 0 Å². The minimum absolute atomic E-state index is 0.0865. The van der Waals surface area contributed by atoms with Crippen LogP contribution < -0.4 is 4.74 Å². The summed E-state index contributed by atoms with van der Waals surface area (Å²) in [7, 11) is 2.06. The summed E-state index contributed by atoms with van der Waals surface area (Å²) in [6.45, 7) is 2.36. The molecule has 5 heteroatoms. The zero-order valence-corrected chi connectivity index (χ0v) is 12.5. The molecule has 0 heterocycles. The summed E-state index contributed by atoms with van der Waals surface area (Å²) in [5, 5.41) is 10.3. The van der Waals surface area contributed by atoms with Gasteiger partial charge < -0.3 is 14.7 Å². The van der Waals surface area contributed by atoms with E-state index < -0.39 is 0 Å². The Balaban J connectivity index is 1.71. The second-order valence-corrected chi connectivity index (χ2v) is 5.97. The van der Waals surface area contributed by atoms with Crippen LogP contribution in [-0.4, -0.2) is 42.9 Å². The van der Waals surface area contributed by atoms with Crippen LogP contribution >= 0.6 is 23.2 Å². The number of benzene rings is 1. The summed E-state index contributed by atoms with van der Waals surface area (Å²) >= 11 is 12.1. The third-order valence-electron chi connectivity index (χ3n) is 3.42. The molecule has 1 aromatic carbocycles. The fourth-order valence-electron chi connectivity index (χ4n) is 2.31. The number of halogens is 2. The summed E-state index contributed by atoms with van der Waals surface area (Å²) in [6.07, 6.45) is 1.75. The van der Waals surface area contributed by atoms with Gasteiger partial charge in [-0.25, -0.2) is 0 Å². The molecule has 19 heavy (non-hydrogen) atoms. The molecule has 1 aromatic rings. The molecule has 1 aliphatic rings. The van der Waals surface area contributed by atoms with Crippen molar-refractivity contribution in [2.24, 2.45) is 5.92 Å². The van der Waals surface area contributed by atoms with Gasteiger partial charge in [0.15, 0.2) is 5.75 Å². The molecule has 0 atom stereocenters. The molecule has 0 saturated heterocycles. The number of likely N-dealkylation sites (N-methyl/N-ethyl adjacent to an activating group) is 1. The first-order chi connectivity index (χ1) is 9.06. The van der Waals surface area contributed by atoms with Crippen LogP contribution in [0.4, 0.5) is 0 Å². The van der Waals surface area contributed by atoms with Crippen molar-refractivity contribution >= 4 is 23.2 Å². The van der Waals surface area contributed by atoms with Gasteiger partial charge in [0.25, 0.3) is 0 Å². The Labute approximate surface area is 124 Å². The number of aliphatic hydroxyl groups is 1. The third kappa shape index (κ3) is 4.25. The SMILES string of the molecule is CN(CCOc1c(Cl)cccc1Cl)CC1CC(O)C1. The quantitative estimate of drug-likeness (QED) is 0.876. The highest BCUT2D eigenvalue weighted by Gasteiger charge is 2.27. The molecule has 0 radical (unpaired) electrons. The molecule has 2 rings (SSSR count). The predicted molar refractivity (Wildman–Crippen MR) is 78.2 cm³/mol. The van der Waals surface area contributed by atoms with E-state index in [0.717, 1.165) is 25.9 Å². The van der Waals surface area contributed by atoms with Crippen molar-refractivity contribution in [2.75, 3.05) is 26.7 Å². The third-order valence-corrected chi connectivity index (χ3v) is 4.01. The molecule has 0 aromatic heterocycles. The van der Waals surface area contributed by atoms with Crippen molar-refractivity contribution in [3.8, 4) is 5.75 Å². The monoisotopic (exact) mass is 303 g/mol. The second kappa shape index (κ2) is 6.80. The standard InChI is InChI=1S/C14H19Cl2NO2/c1-17(9-10-7-11(18)8-10)5-6-19-14-12(15)3-2-4-13(14)16/h2-4,10-11,18H,5-9H2,1H3. The summed E-state index contributed by atoms with van der Waals surface area (Å²) in [6, 6.07) is 5.33. The van der Waals surface area contributed by atoms with Gasteiger partial charge in [0, 0.05) is 13.1 Å². The van der Waals surface area contributed by atoms with Gasteiger partial charge in [-0.05, 0) is 37.9 Å². The first-order valence-electron chi connectivity index (χ1n) is 6.49. The molecule has 1 aliphatic carbocycles. The van der Waals surface area contributed by atoms with Crippen LogP contribution in [0, 0.1) is 5.92 Å². The van der Waals surface area contributed by atoms with Crippen molar-refractivity contribution < 1.29 is 9.84 Å². The molecule has 0 spiro atoms. The zero-order valence-electron chi connectivity index (χ0n) is 11.0. The Morgan fingerprint density at radius 3 is 2.53 bits per heavy atom. The molecule has 3 nitrogen and oxygen atoms in total. The normalized spacial score (nSPS) is 22.4. The lowest BCUT2D eigenvalue weighted by Crippen LogP contribution is -2.38. The minimum Gasteiger partial charge on any atom is -0.489 e. The van der Waals surface area contributed by atoms with Gasteiger partial charge in [-0.2, -0.15) is 0 Å². The Bertz CT molecular complexity index is 402. The van der Waals surface area contributed by atoms with E-state index in [2.05, 4.69) is 11.9 Å². The zero-order chi connectivity index (χ0) is 13.8. The Morgan fingerprint density at radius 2 is 1.95 bits per heavy atom. The van der Waals surface area contributed by atoms with E-state index in [-0.39, 0.29) is 6.10 Å². The fraction of sp³-hybridized carbons (Fsp3) is 0.571. The minimum atomic E-state index is -0.0865. The van der Waals surface area contributed by atoms with Gasteiger partial charge in [-0.3, -0.25) is 0 Å². The van der Waals surface area contributed by atoms with E-state index in [0.29, 0.717) is 28.3 Å². The fourth-order valence-corrected chi connectivity index (χ4v) is 2.81. The van der Waals surface area contributed by atoms with Crippen LogP contribution in [0.25, 0.3) is 0 Å². The molecular weight excluding hydrogens is 285 g/mol. The van der Waals surface area contributed by atoms with E-state index >= 15 is 0 Å². The summed E-state index contributed by atoms with van der Waals surface area (Å²) < 4.78 is 5.64. The maximum Gasteiger partial charge on any atom is 0.156 e. The molecule has 0 aliphatic heterocycles. The van der Waals surface area contributed by atoms with Crippen LogP contribution in [-0.2, 0) is 0 Å². The number of para-hydroxylation sites is 1. The Morgan fingerprint density at radius 1 is 1.32 bits per heavy atom. The van der Waals surface area contributed by atoms with E-state index in [4.69, 9.17) is 27.9 Å². The number of rotatable bonds is 6. The molecule has 0 amide bonds. The molecule has 0 bridgehead atoms. The molecule has 1 saturated carbocycles. The smallest absolute Gasteiger partial charge is 0.156 e. The summed E-state index contributed by atoms with van der Waals surface area (Å²) in [5.74, 6) is 1.17. The van der Waals surface area contributed by atoms with Crippen molar-refractivity contribution in [2.45, 2.75) is 18.9 Å². The van der Waals surface area contributed by atoms with Crippen LogP contribution in [0.5, 0.6) is 5.75 Å². The average Bonchev–Trinajstić information content (AvgIpc) is 2.31. The Kier molecular flexibility index (Phi) is 5.34. The molecule has 106 valence electrons. The van der Waals surface area contributed by atoms with Gasteiger partial charge in [-0.1, -0.05) is 29.3 Å². The van der Waals surface area contributed by atoms with Crippen molar-refractivity contribution in [3.05, 3.63) is 28.2 Å². The lowest BCUT2D eigenvalue weighted by Gasteiger charge is -2.34. The number of hydrogen-bond acceptors (Lipinski definition) is 3. The predicted octanol–water partition coefficient (Wildman–Crippen LogP) is 3.07. The topological polar surface area (TPSA) is 32.7 Å². The first-order valence-corrected chi connectivity index (χ1v) is 7.25. The van der Waals surface area contributed by atoms with Crippen molar-refractivity contribution in [3.63, 3.8) is 0 Å². The average molecular weight is 304 g/mol. The van der Waals surface area contributed by atoms with Crippen molar-refractivity contribution in [1.29, 1.82) is 0 Å². The maximum atomic E-state index is 9.24. The molecule has 1 N–H and O–H groups in total. The Hall–Kier alpha value is -0.480. The van der Waals surface area contributed by atoms with E-state index in [1.165, 1.54) is 0 Å². The number of hydrogen-bond donors (Lipinski definition) is 1. The highest BCUT2D eigenvalue weighted by molar-refractivity contribution is 6.37. The second-order valence-electron chi connectivity index (χ2n) is 5.15. The highest BCUT2D eigenvalue weighted by atomic mass is 35.5. The van der Waals surface area contributed by atoms with Gasteiger partial charge in [0.1, 0.15) is 6.61 Å². The molecule has 0 unspecified atom stereocenters. The van der Waals surface area contributed by atoms with Gasteiger partial charge >= 0.3 is 0 Å². The summed E-state index contributed by atoms with van der Waals surface area (Å²) in [4.78, 5) is 2.21. The van der Waals surface area contributed by atoms with Crippen LogP contribution in [0.15, 0.2) is 18.2 Å². The van der Waals surface area contributed by atoms with Gasteiger partial charge in [0.05, 0.1) is 16.1 Å². The lowest BCUT2D eigenvalue weighted by molar-refractivity contribution is 0.0269. The highest BCUT2D eigenvalue weighted by Crippen LogP contribution is 2.32. The molecule has 1 fully saturated rings.